The molecule has 6 nitrogen and oxygen atoms in total. The summed E-state index contributed by atoms with van der Waals surface area (Å²) in [7, 11) is 0. The van der Waals surface area contributed by atoms with E-state index in [1.807, 2.05) is 0 Å². The van der Waals surface area contributed by atoms with Crippen molar-refractivity contribution >= 4 is 28.1 Å². The van der Waals surface area contributed by atoms with Gasteiger partial charge in [0, 0.05) is 5.38 Å². The third-order valence-corrected chi connectivity index (χ3v) is 2.89. The molecule has 0 aliphatic carbocycles. The SMILES string of the molecule is CCCCCCO/N=C(/C(=O)O)c1csc(N)n1. The van der Waals surface area contributed by atoms with Crippen molar-refractivity contribution in [2.24, 2.45) is 5.16 Å². The summed E-state index contributed by atoms with van der Waals surface area (Å²) in [6.45, 7) is 2.53. The fraction of sp³-hybridized carbons (Fsp3) is 0.545. The van der Waals surface area contributed by atoms with Crippen LogP contribution in [0.4, 0.5) is 5.13 Å². The lowest BCUT2D eigenvalue weighted by Crippen LogP contribution is -2.15. The van der Waals surface area contributed by atoms with Crippen LogP contribution in [-0.4, -0.2) is 28.4 Å². The third-order valence-electron chi connectivity index (χ3n) is 2.21. The second kappa shape index (κ2) is 7.65. The Morgan fingerprint density at radius 2 is 2.33 bits per heavy atom. The van der Waals surface area contributed by atoms with Crippen molar-refractivity contribution < 1.29 is 14.7 Å². The maximum absolute atomic E-state index is 11.0. The first-order chi connectivity index (χ1) is 8.65. The second-order valence-corrected chi connectivity index (χ2v) is 4.60. The predicted octanol–water partition coefficient (Wildman–Crippen LogP) is 2.11. The number of carbonyl (C=O) groups is 1. The molecule has 0 spiro atoms. The smallest absolute Gasteiger partial charge is 0.360 e. The van der Waals surface area contributed by atoms with E-state index in [1.54, 1.807) is 5.38 Å². The highest BCUT2D eigenvalue weighted by molar-refractivity contribution is 7.13. The first-order valence-electron chi connectivity index (χ1n) is 5.79. The molecule has 0 aliphatic rings. The zero-order valence-electron chi connectivity index (χ0n) is 10.3. The minimum absolute atomic E-state index is 0.210. The summed E-state index contributed by atoms with van der Waals surface area (Å²) in [5.41, 5.74) is 5.47. The van der Waals surface area contributed by atoms with Gasteiger partial charge in [-0.15, -0.1) is 11.3 Å². The number of carboxylic acids is 1. The number of aliphatic carboxylic acids is 1. The molecule has 18 heavy (non-hydrogen) atoms. The molecule has 3 N–H and O–H groups in total. The van der Waals surface area contributed by atoms with E-state index in [-0.39, 0.29) is 11.4 Å². The first kappa shape index (κ1) is 14.4. The average Bonchev–Trinajstić information content (AvgIpc) is 2.74. The van der Waals surface area contributed by atoms with Crippen molar-refractivity contribution in [1.82, 2.24) is 4.98 Å². The fourth-order valence-corrected chi connectivity index (χ4v) is 1.84. The van der Waals surface area contributed by atoms with Crippen molar-refractivity contribution in [2.45, 2.75) is 32.6 Å². The third kappa shape index (κ3) is 4.70. The number of thiazole rings is 1. The van der Waals surface area contributed by atoms with Crippen LogP contribution in [0, 0.1) is 0 Å². The number of oxime groups is 1. The molecule has 1 heterocycles. The number of nitrogens with zero attached hydrogens (tertiary/aromatic N) is 2. The molecule has 0 aromatic carbocycles. The summed E-state index contributed by atoms with van der Waals surface area (Å²) in [5.74, 6) is -1.17. The van der Waals surface area contributed by atoms with E-state index in [1.165, 1.54) is 11.3 Å². The molecule has 0 fully saturated rings. The van der Waals surface area contributed by atoms with Crippen molar-refractivity contribution in [3.8, 4) is 0 Å². The van der Waals surface area contributed by atoms with Gasteiger partial charge in [0.15, 0.2) is 5.13 Å². The van der Waals surface area contributed by atoms with Gasteiger partial charge < -0.3 is 15.7 Å². The van der Waals surface area contributed by atoms with Crippen molar-refractivity contribution in [2.75, 3.05) is 12.3 Å². The summed E-state index contributed by atoms with van der Waals surface area (Å²) >= 11 is 1.17. The Bertz CT molecular complexity index is 417. The summed E-state index contributed by atoms with van der Waals surface area (Å²) in [6, 6.07) is 0. The number of nitrogens with two attached hydrogens (primary N) is 1. The molecular formula is C11H17N3O3S. The molecule has 0 atom stereocenters. The number of nitrogen functional groups attached to an aromatic ring is 1. The Kier molecular flexibility index (Phi) is 6.13. The summed E-state index contributed by atoms with van der Waals surface area (Å²) < 4.78 is 0. The van der Waals surface area contributed by atoms with Crippen LogP contribution in [0.2, 0.25) is 0 Å². The molecule has 1 aromatic heterocycles. The number of carboxylic acid groups (broad SMARTS) is 1. The molecule has 0 saturated heterocycles. The number of hydrogen-bond donors (Lipinski definition) is 2. The van der Waals surface area contributed by atoms with E-state index in [2.05, 4.69) is 17.1 Å². The van der Waals surface area contributed by atoms with Crippen LogP contribution in [0.1, 0.15) is 38.3 Å². The van der Waals surface area contributed by atoms with Crippen LogP contribution in [0.25, 0.3) is 0 Å². The van der Waals surface area contributed by atoms with Gasteiger partial charge in [0.2, 0.25) is 5.71 Å². The Labute approximate surface area is 109 Å². The lowest BCUT2D eigenvalue weighted by Gasteiger charge is -2.00. The highest BCUT2D eigenvalue weighted by Crippen LogP contribution is 2.12. The minimum Gasteiger partial charge on any atom is -0.476 e. The number of rotatable bonds is 8. The molecule has 0 aliphatic heterocycles. The Morgan fingerprint density at radius 1 is 1.56 bits per heavy atom. The molecular weight excluding hydrogens is 254 g/mol. The van der Waals surface area contributed by atoms with Gasteiger partial charge in [0.25, 0.3) is 0 Å². The Hall–Kier alpha value is -1.63. The molecule has 1 aromatic rings. The van der Waals surface area contributed by atoms with Gasteiger partial charge in [-0.05, 0) is 12.8 Å². The van der Waals surface area contributed by atoms with Crippen molar-refractivity contribution in [3.63, 3.8) is 0 Å². The van der Waals surface area contributed by atoms with Crippen LogP contribution in [0.3, 0.4) is 0 Å². The van der Waals surface area contributed by atoms with Gasteiger partial charge in [-0.2, -0.15) is 0 Å². The predicted molar refractivity (Wildman–Crippen MR) is 70.8 cm³/mol. The van der Waals surface area contributed by atoms with Gasteiger partial charge >= 0.3 is 5.97 Å². The zero-order valence-corrected chi connectivity index (χ0v) is 11.1. The highest BCUT2D eigenvalue weighted by atomic mass is 32.1. The van der Waals surface area contributed by atoms with Gasteiger partial charge in [-0.1, -0.05) is 24.9 Å². The van der Waals surface area contributed by atoms with Gasteiger partial charge in [-0.3, -0.25) is 0 Å². The topological polar surface area (TPSA) is 97.8 Å². The van der Waals surface area contributed by atoms with Crippen LogP contribution < -0.4 is 5.73 Å². The fourth-order valence-electron chi connectivity index (χ4n) is 1.30. The number of aromatic nitrogens is 1. The first-order valence-corrected chi connectivity index (χ1v) is 6.67. The molecule has 100 valence electrons. The molecule has 0 bridgehead atoms. The zero-order chi connectivity index (χ0) is 13.4. The molecule has 0 radical (unpaired) electrons. The summed E-state index contributed by atoms with van der Waals surface area (Å²) in [5, 5.41) is 14.5. The monoisotopic (exact) mass is 271 g/mol. The van der Waals surface area contributed by atoms with E-state index in [0.29, 0.717) is 11.7 Å². The van der Waals surface area contributed by atoms with Gasteiger partial charge in [0.1, 0.15) is 12.3 Å². The van der Waals surface area contributed by atoms with Crippen LogP contribution in [0.15, 0.2) is 10.5 Å². The Balaban J connectivity index is 2.50. The maximum Gasteiger partial charge on any atom is 0.360 e. The maximum atomic E-state index is 11.0. The minimum atomic E-state index is -1.17. The highest BCUT2D eigenvalue weighted by Gasteiger charge is 2.16. The van der Waals surface area contributed by atoms with E-state index in [9.17, 15) is 4.79 Å². The summed E-state index contributed by atoms with van der Waals surface area (Å²) in [6.07, 6.45) is 4.20. The van der Waals surface area contributed by atoms with E-state index >= 15 is 0 Å². The van der Waals surface area contributed by atoms with E-state index in [0.717, 1.165) is 25.7 Å². The molecule has 1 rings (SSSR count). The van der Waals surface area contributed by atoms with Gasteiger partial charge in [0.05, 0.1) is 0 Å². The van der Waals surface area contributed by atoms with Crippen molar-refractivity contribution in [1.29, 1.82) is 0 Å². The lowest BCUT2D eigenvalue weighted by atomic mass is 10.2. The molecule has 0 saturated carbocycles. The summed E-state index contributed by atoms with van der Waals surface area (Å²) in [4.78, 5) is 19.9. The standard InChI is InChI=1S/C11H17N3O3S/c1-2-3-4-5-6-17-14-9(10(15)16)8-7-18-11(12)13-8/h7H,2-6H2,1H3,(H2,12,13)(H,15,16)/b14-9+. The average molecular weight is 271 g/mol. The Morgan fingerprint density at radius 3 is 2.89 bits per heavy atom. The lowest BCUT2D eigenvalue weighted by molar-refractivity contribution is -0.129. The van der Waals surface area contributed by atoms with Crippen LogP contribution >= 0.6 is 11.3 Å². The molecule has 0 unspecified atom stereocenters. The number of hydrogen-bond acceptors (Lipinski definition) is 6. The normalized spacial score (nSPS) is 11.5. The van der Waals surface area contributed by atoms with Crippen molar-refractivity contribution in [3.05, 3.63) is 11.1 Å². The molecule has 0 amide bonds. The quantitative estimate of drug-likeness (QED) is 0.428. The van der Waals surface area contributed by atoms with Gasteiger partial charge in [-0.25, -0.2) is 9.78 Å². The second-order valence-electron chi connectivity index (χ2n) is 3.71. The van der Waals surface area contributed by atoms with E-state index < -0.39 is 5.97 Å². The van der Waals surface area contributed by atoms with Crippen LogP contribution in [-0.2, 0) is 9.63 Å². The number of unbranched alkanes of at least 4 members (excludes halogenated alkanes) is 3. The number of anilines is 1. The largest absolute Gasteiger partial charge is 0.476 e. The van der Waals surface area contributed by atoms with E-state index in [4.69, 9.17) is 15.7 Å². The van der Waals surface area contributed by atoms with Crippen LogP contribution in [0.5, 0.6) is 0 Å². The molecule has 7 heteroatoms.